The monoisotopic (exact) mass is 329 g/mol. The van der Waals surface area contributed by atoms with Gasteiger partial charge in [-0.3, -0.25) is 9.69 Å². The molecule has 1 aliphatic carbocycles. The Labute approximate surface area is 141 Å². The highest BCUT2D eigenvalue weighted by atomic mass is 16.5. The number of aliphatic carboxylic acids is 1. The van der Waals surface area contributed by atoms with Crippen LogP contribution in [-0.4, -0.2) is 53.9 Å². The highest BCUT2D eigenvalue weighted by Gasteiger charge is 2.49. The van der Waals surface area contributed by atoms with Crippen LogP contribution in [0.2, 0.25) is 0 Å². The van der Waals surface area contributed by atoms with Crippen LogP contribution in [-0.2, 0) is 4.79 Å². The number of hydrogen-bond donors (Lipinski definition) is 1. The third-order valence-electron chi connectivity index (χ3n) is 5.49. The number of aryl methyl sites for hydroxylation is 1. The fraction of sp³-hybridized carbons (Fsp3) is 0.556. The number of carboxylic acid groups (broad SMARTS) is 1. The minimum atomic E-state index is -0.620. The van der Waals surface area contributed by atoms with E-state index in [1.165, 1.54) is 5.56 Å². The summed E-state index contributed by atoms with van der Waals surface area (Å²) < 4.78 is 5.44. The Morgan fingerprint density at radius 1 is 1.29 bits per heavy atom. The van der Waals surface area contributed by atoms with E-state index in [0.29, 0.717) is 0 Å². The maximum atomic E-state index is 11.3. The van der Waals surface area contributed by atoms with E-state index >= 15 is 0 Å². The van der Waals surface area contributed by atoms with E-state index in [2.05, 4.69) is 27.9 Å². The summed E-state index contributed by atoms with van der Waals surface area (Å²) in [4.78, 5) is 15.9. The lowest BCUT2D eigenvalue weighted by Gasteiger charge is -2.35. The Balaban J connectivity index is 1.37. The van der Waals surface area contributed by atoms with Gasteiger partial charge in [-0.2, -0.15) is 0 Å². The largest absolute Gasteiger partial charge is 0.481 e. The molecule has 128 valence electrons. The summed E-state index contributed by atoms with van der Waals surface area (Å²) in [5.41, 5.74) is 1.61. The average molecular weight is 329 g/mol. The molecule has 1 aromatic heterocycles. The van der Waals surface area contributed by atoms with Crippen molar-refractivity contribution in [2.45, 2.75) is 26.2 Å². The molecule has 0 spiro atoms. The molecule has 1 N–H and O–H groups in total. The molecule has 2 heterocycles. The molecule has 0 bridgehead atoms. The fourth-order valence-corrected chi connectivity index (χ4v) is 3.54. The second kappa shape index (κ2) is 5.77. The van der Waals surface area contributed by atoms with E-state index in [0.717, 1.165) is 68.8 Å². The van der Waals surface area contributed by atoms with Crippen LogP contribution in [0.3, 0.4) is 0 Å². The Bertz CT molecular complexity index is 758. The predicted octanol–water partition coefficient (Wildman–Crippen LogP) is 2.51. The number of piperazine rings is 1. The molecule has 2 fully saturated rings. The Morgan fingerprint density at radius 3 is 2.71 bits per heavy atom. The van der Waals surface area contributed by atoms with Gasteiger partial charge >= 0.3 is 5.97 Å². The van der Waals surface area contributed by atoms with Crippen LogP contribution < -0.4 is 4.90 Å². The second-order valence-corrected chi connectivity index (χ2v) is 7.17. The summed E-state index contributed by atoms with van der Waals surface area (Å²) in [6, 6.07) is 6.13. The minimum absolute atomic E-state index is 0.420. The first-order valence-corrected chi connectivity index (χ1v) is 8.64. The van der Waals surface area contributed by atoms with Crippen molar-refractivity contribution in [1.82, 2.24) is 10.1 Å². The molecule has 0 atom stereocenters. The lowest BCUT2D eigenvalue weighted by Crippen LogP contribution is -2.47. The molecule has 1 aliphatic heterocycles. The van der Waals surface area contributed by atoms with Crippen molar-refractivity contribution in [1.29, 1.82) is 0 Å². The number of aromatic nitrogens is 1. The van der Waals surface area contributed by atoms with Gasteiger partial charge in [0.25, 0.3) is 0 Å². The standard InChI is InChI=1S/C18H23N3O3/c1-13-2-3-15-14(12-13)16(19-24-15)21-10-8-20(9-11-21)7-6-18(4-5-18)17(22)23/h2-3,12H,4-11H2,1H3,(H,22,23). The number of anilines is 1. The number of benzene rings is 1. The van der Waals surface area contributed by atoms with Gasteiger partial charge in [-0.15, -0.1) is 0 Å². The van der Waals surface area contributed by atoms with E-state index in [4.69, 9.17) is 4.52 Å². The number of rotatable bonds is 5. The SMILES string of the molecule is Cc1ccc2onc(N3CCN(CCC4(C(=O)O)CC4)CC3)c2c1. The second-order valence-electron chi connectivity index (χ2n) is 7.17. The quantitative estimate of drug-likeness (QED) is 0.909. The summed E-state index contributed by atoms with van der Waals surface area (Å²) in [5.74, 6) is 0.308. The highest BCUT2D eigenvalue weighted by Crippen LogP contribution is 2.49. The maximum Gasteiger partial charge on any atom is 0.309 e. The van der Waals surface area contributed by atoms with Gasteiger partial charge in [-0.05, 0) is 44.9 Å². The minimum Gasteiger partial charge on any atom is -0.481 e. The highest BCUT2D eigenvalue weighted by molar-refractivity contribution is 5.89. The Kier molecular flexibility index (Phi) is 3.72. The van der Waals surface area contributed by atoms with Crippen LogP contribution in [0.5, 0.6) is 0 Å². The number of hydrogen-bond acceptors (Lipinski definition) is 5. The van der Waals surface area contributed by atoms with E-state index in [-0.39, 0.29) is 0 Å². The first-order chi connectivity index (χ1) is 11.6. The number of fused-ring (bicyclic) bond motifs is 1. The Hall–Kier alpha value is -2.08. The van der Waals surface area contributed by atoms with Crippen LogP contribution in [0.1, 0.15) is 24.8 Å². The van der Waals surface area contributed by atoms with Gasteiger partial charge in [0.1, 0.15) is 0 Å². The predicted molar refractivity (Wildman–Crippen MR) is 91.3 cm³/mol. The molecule has 4 rings (SSSR count). The summed E-state index contributed by atoms with van der Waals surface area (Å²) >= 11 is 0. The van der Waals surface area contributed by atoms with Crippen molar-refractivity contribution in [3.63, 3.8) is 0 Å². The van der Waals surface area contributed by atoms with Gasteiger partial charge in [0.15, 0.2) is 11.4 Å². The van der Waals surface area contributed by atoms with Crippen molar-refractivity contribution in [2.24, 2.45) is 5.41 Å². The number of nitrogens with zero attached hydrogens (tertiary/aromatic N) is 3. The van der Waals surface area contributed by atoms with Crippen LogP contribution in [0, 0.1) is 12.3 Å². The lowest BCUT2D eigenvalue weighted by atomic mass is 10.0. The van der Waals surface area contributed by atoms with Gasteiger partial charge in [-0.1, -0.05) is 16.8 Å². The van der Waals surface area contributed by atoms with Crippen molar-refractivity contribution in [3.8, 4) is 0 Å². The molecule has 1 saturated heterocycles. The van der Waals surface area contributed by atoms with E-state index < -0.39 is 11.4 Å². The van der Waals surface area contributed by atoms with Crippen molar-refractivity contribution >= 4 is 22.8 Å². The average Bonchev–Trinajstić information content (AvgIpc) is 3.27. The molecule has 2 aliphatic rings. The molecule has 6 nitrogen and oxygen atoms in total. The molecule has 0 unspecified atom stereocenters. The van der Waals surface area contributed by atoms with E-state index in [9.17, 15) is 9.90 Å². The zero-order chi connectivity index (χ0) is 16.7. The van der Waals surface area contributed by atoms with E-state index in [1.54, 1.807) is 0 Å². The van der Waals surface area contributed by atoms with Gasteiger partial charge in [-0.25, -0.2) is 0 Å². The van der Waals surface area contributed by atoms with Gasteiger partial charge in [0.05, 0.1) is 10.8 Å². The van der Waals surface area contributed by atoms with Crippen LogP contribution >= 0.6 is 0 Å². The molecule has 0 radical (unpaired) electrons. The third-order valence-corrected chi connectivity index (χ3v) is 5.49. The summed E-state index contributed by atoms with van der Waals surface area (Å²) in [7, 11) is 0. The summed E-state index contributed by atoms with van der Waals surface area (Å²) in [6.45, 7) is 6.63. The molecular weight excluding hydrogens is 306 g/mol. The molecule has 1 aromatic carbocycles. The normalized spacial score (nSPS) is 20.5. The lowest BCUT2D eigenvalue weighted by molar-refractivity contribution is -0.143. The first-order valence-electron chi connectivity index (χ1n) is 8.64. The van der Waals surface area contributed by atoms with Crippen LogP contribution in [0.25, 0.3) is 11.0 Å². The molecule has 24 heavy (non-hydrogen) atoms. The molecule has 2 aromatic rings. The smallest absolute Gasteiger partial charge is 0.309 e. The van der Waals surface area contributed by atoms with Gasteiger partial charge in [0, 0.05) is 26.2 Å². The van der Waals surface area contributed by atoms with Crippen LogP contribution in [0.4, 0.5) is 5.82 Å². The molecular formula is C18H23N3O3. The summed E-state index contributed by atoms with van der Waals surface area (Å²) in [5, 5.41) is 14.6. The van der Waals surface area contributed by atoms with Crippen molar-refractivity contribution in [2.75, 3.05) is 37.6 Å². The van der Waals surface area contributed by atoms with Crippen molar-refractivity contribution in [3.05, 3.63) is 23.8 Å². The Morgan fingerprint density at radius 2 is 2.04 bits per heavy atom. The van der Waals surface area contributed by atoms with Gasteiger partial charge < -0.3 is 14.5 Å². The van der Waals surface area contributed by atoms with E-state index in [1.807, 2.05) is 12.1 Å². The number of carboxylic acids is 1. The zero-order valence-electron chi connectivity index (χ0n) is 14.0. The first kappa shape index (κ1) is 15.4. The summed E-state index contributed by atoms with van der Waals surface area (Å²) in [6.07, 6.45) is 2.45. The molecule has 0 amide bonds. The van der Waals surface area contributed by atoms with Gasteiger partial charge in [0.2, 0.25) is 0 Å². The number of carbonyl (C=O) groups is 1. The maximum absolute atomic E-state index is 11.3. The zero-order valence-corrected chi connectivity index (χ0v) is 14.0. The third kappa shape index (κ3) is 2.75. The van der Waals surface area contributed by atoms with Crippen LogP contribution in [0.15, 0.2) is 22.7 Å². The molecule has 1 saturated carbocycles. The fourth-order valence-electron chi connectivity index (χ4n) is 3.54. The van der Waals surface area contributed by atoms with Crippen molar-refractivity contribution < 1.29 is 14.4 Å². The molecule has 6 heteroatoms. The topological polar surface area (TPSA) is 69.8 Å².